The van der Waals surface area contributed by atoms with Crippen LogP contribution in [0.3, 0.4) is 0 Å². The number of imidazole rings is 1. The molecule has 0 radical (unpaired) electrons. The first kappa shape index (κ1) is 22.6. The predicted octanol–water partition coefficient (Wildman–Crippen LogP) is 0.426. The van der Waals surface area contributed by atoms with Gasteiger partial charge >= 0.3 is 5.97 Å². The molecule has 1 aromatic rings. The summed E-state index contributed by atoms with van der Waals surface area (Å²) in [6.07, 6.45) is 4.31. The molecule has 0 bridgehead atoms. The van der Waals surface area contributed by atoms with Gasteiger partial charge < -0.3 is 26.5 Å². The summed E-state index contributed by atoms with van der Waals surface area (Å²) >= 11 is 0. The summed E-state index contributed by atoms with van der Waals surface area (Å²) in [7, 11) is 0. The lowest BCUT2D eigenvalue weighted by atomic mass is 9.97. The Morgan fingerprint density at radius 2 is 1.89 bits per heavy atom. The van der Waals surface area contributed by atoms with Crippen LogP contribution in [0.2, 0.25) is 0 Å². The smallest absolute Gasteiger partial charge is 0.326 e. The number of hydrogen-bond donors (Lipinski definition) is 5. The summed E-state index contributed by atoms with van der Waals surface area (Å²) in [6, 6.07) is -2.71. The molecule has 0 aliphatic carbocycles. The van der Waals surface area contributed by atoms with Crippen LogP contribution in [0.15, 0.2) is 12.5 Å². The molecular formula is C18H31N5O4. The highest BCUT2D eigenvalue weighted by Crippen LogP contribution is 2.11. The molecule has 0 fully saturated rings. The minimum Gasteiger partial charge on any atom is -0.480 e. The van der Waals surface area contributed by atoms with Gasteiger partial charge in [-0.3, -0.25) is 9.59 Å². The molecule has 27 heavy (non-hydrogen) atoms. The Morgan fingerprint density at radius 3 is 2.37 bits per heavy atom. The van der Waals surface area contributed by atoms with E-state index < -0.39 is 35.9 Å². The first-order valence-electron chi connectivity index (χ1n) is 9.22. The lowest BCUT2D eigenvalue weighted by Crippen LogP contribution is -2.56. The Hall–Kier alpha value is -2.42. The van der Waals surface area contributed by atoms with E-state index in [-0.39, 0.29) is 18.3 Å². The highest BCUT2D eigenvalue weighted by atomic mass is 16.4. The normalized spacial score (nSPS) is 15.6. The number of rotatable bonds is 11. The number of hydrogen-bond acceptors (Lipinski definition) is 5. The zero-order chi connectivity index (χ0) is 20.6. The number of nitrogens with one attached hydrogen (secondary N) is 3. The van der Waals surface area contributed by atoms with Crippen LogP contribution in [0.1, 0.15) is 46.2 Å². The van der Waals surface area contributed by atoms with Gasteiger partial charge in [0.2, 0.25) is 11.8 Å². The lowest BCUT2D eigenvalue weighted by Gasteiger charge is -2.26. The van der Waals surface area contributed by atoms with Crippen LogP contribution >= 0.6 is 0 Å². The number of H-pyrrole nitrogens is 1. The zero-order valence-corrected chi connectivity index (χ0v) is 16.4. The van der Waals surface area contributed by atoms with Gasteiger partial charge in [0.15, 0.2) is 0 Å². The maximum atomic E-state index is 12.6. The fourth-order valence-electron chi connectivity index (χ4n) is 2.64. The van der Waals surface area contributed by atoms with Gasteiger partial charge in [0.1, 0.15) is 12.1 Å². The number of amides is 2. The largest absolute Gasteiger partial charge is 0.480 e. The van der Waals surface area contributed by atoms with Crippen molar-refractivity contribution in [1.29, 1.82) is 0 Å². The topological polar surface area (TPSA) is 150 Å². The molecule has 152 valence electrons. The Morgan fingerprint density at radius 1 is 1.22 bits per heavy atom. The van der Waals surface area contributed by atoms with Crippen molar-refractivity contribution in [1.82, 2.24) is 20.6 Å². The van der Waals surface area contributed by atoms with E-state index >= 15 is 0 Å². The van der Waals surface area contributed by atoms with Crippen LogP contribution in [0.5, 0.6) is 0 Å². The number of nitrogens with two attached hydrogens (primary N) is 1. The van der Waals surface area contributed by atoms with Crippen LogP contribution in [0, 0.1) is 11.8 Å². The molecule has 4 atom stereocenters. The highest BCUT2D eigenvalue weighted by molar-refractivity contribution is 5.91. The molecule has 6 N–H and O–H groups in total. The number of carboxylic acid groups (broad SMARTS) is 1. The second-order valence-corrected chi connectivity index (χ2v) is 7.29. The summed E-state index contributed by atoms with van der Waals surface area (Å²) in [4.78, 5) is 43.3. The monoisotopic (exact) mass is 381 g/mol. The Balaban J connectivity index is 2.79. The third kappa shape index (κ3) is 7.38. The number of aromatic nitrogens is 2. The first-order valence-corrected chi connectivity index (χ1v) is 9.22. The molecule has 0 aliphatic rings. The average Bonchev–Trinajstić information content (AvgIpc) is 3.10. The third-order valence-electron chi connectivity index (χ3n) is 4.45. The summed E-state index contributed by atoms with van der Waals surface area (Å²) in [6.45, 7) is 7.45. The molecule has 2 amide bonds. The molecule has 0 aliphatic heterocycles. The summed E-state index contributed by atoms with van der Waals surface area (Å²) in [5.74, 6) is -2.19. The number of nitrogens with zero attached hydrogens (tertiary/aromatic N) is 1. The van der Waals surface area contributed by atoms with Crippen LogP contribution in [-0.2, 0) is 20.8 Å². The van der Waals surface area contributed by atoms with Crippen molar-refractivity contribution in [3.05, 3.63) is 18.2 Å². The highest BCUT2D eigenvalue weighted by Gasteiger charge is 2.30. The van der Waals surface area contributed by atoms with Gasteiger partial charge in [-0.25, -0.2) is 9.78 Å². The van der Waals surface area contributed by atoms with E-state index in [0.717, 1.165) is 0 Å². The number of carbonyl (C=O) groups excluding carboxylic acids is 2. The van der Waals surface area contributed by atoms with Gasteiger partial charge in [0, 0.05) is 18.3 Å². The van der Waals surface area contributed by atoms with E-state index in [0.29, 0.717) is 18.5 Å². The van der Waals surface area contributed by atoms with Crippen LogP contribution < -0.4 is 16.4 Å². The second-order valence-electron chi connectivity index (χ2n) is 7.29. The SMILES string of the molecule is CC[C@H](C)[C@H](NC(=O)[C@H](CC(C)C)NC(=O)[C@@H](N)Cc1cnc[nH]1)C(=O)O. The van der Waals surface area contributed by atoms with Crippen LogP contribution in [0.4, 0.5) is 0 Å². The maximum Gasteiger partial charge on any atom is 0.326 e. The summed E-state index contributed by atoms with van der Waals surface area (Å²) in [5.41, 5.74) is 6.63. The molecule has 0 aromatic carbocycles. The van der Waals surface area contributed by atoms with E-state index in [4.69, 9.17) is 5.73 Å². The quantitative estimate of drug-likeness (QED) is 0.375. The van der Waals surface area contributed by atoms with Crippen molar-refractivity contribution in [3.8, 4) is 0 Å². The summed E-state index contributed by atoms with van der Waals surface area (Å²) in [5, 5.41) is 14.6. The van der Waals surface area contributed by atoms with Crippen molar-refractivity contribution in [2.75, 3.05) is 0 Å². The fourth-order valence-corrected chi connectivity index (χ4v) is 2.64. The Kier molecular flexibility index (Phi) is 8.93. The number of carbonyl (C=O) groups is 3. The maximum absolute atomic E-state index is 12.6. The molecule has 1 aromatic heterocycles. The minimum absolute atomic E-state index is 0.122. The van der Waals surface area contributed by atoms with Gasteiger partial charge in [-0.15, -0.1) is 0 Å². The molecule has 1 rings (SSSR count). The molecule has 0 saturated heterocycles. The second kappa shape index (κ2) is 10.7. The molecule has 0 saturated carbocycles. The molecular weight excluding hydrogens is 350 g/mol. The van der Waals surface area contributed by atoms with E-state index in [1.54, 1.807) is 13.1 Å². The lowest BCUT2D eigenvalue weighted by molar-refractivity contribution is -0.143. The van der Waals surface area contributed by atoms with Gasteiger partial charge in [-0.1, -0.05) is 34.1 Å². The standard InChI is InChI=1S/C18H31N5O4/c1-5-11(4)15(18(26)27)23-17(25)14(6-10(2)3)22-16(24)13(19)7-12-8-20-9-21-12/h8-11,13-15H,5-7,19H2,1-4H3,(H,20,21)(H,22,24)(H,23,25)(H,26,27)/t11-,13-,14-,15-/m0/s1. The average molecular weight is 381 g/mol. The molecule has 9 heteroatoms. The number of aromatic amines is 1. The fraction of sp³-hybridized carbons (Fsp3) is 0.667. The third-order valence-corrected chi connectivity index (χ3v) is 4.45. The minimum atomic E-state index is -1.09. The Labute approximate surface area is 159 Å². The summed E-state index contributed by atoms with van der Waals surface area (Å²) < 4.78 is 0. The van der Waals surface area contributed by atoms with Gasteiger partial charge in [0.25, 0.3) is 0 Å². The van der Waals surface area contributed by atoms with Crippen molar-refractivity contribution < 1.29 is 19.5 Å². The first-order chi connectivity index (χ1) is 12.6. The predicted molar refractivity (Wildman–Crippen MR) is 101 cm³/mol. The van der Waals surface area contributed by atoms with Crippen molar-refractivity contribution in [2.45, 2.75) is 65.1 Å². The zero-order valence-electron chi connectivity index (χ0n) is 16.4. The number of aliphatic carboxylic acids is 1. The van der Waals surface area contributed by atoms with E-state index in [2.05, 4.69) is 20.6 Å². The molecule has 1 heterocycles. The van der Waals surface area contributed by atoms with Gasteiger partial charge in [0.05, 0.1) is 12.4 Å². The molecule has 9 nitrogen and oxygen atoms in total. The molecule has 0 spiro atoms. The van der Waals surface area contributed by atoms with Crippen LogP contribution in [0.25, 0.3) is 0 Å². The Bertz CT molecular complexity index is 617. The number of carboxylic acids is 1. The van der Waals surface area contributed by atoms with Gasteiger partial charge in [-0.05, 0) is 18.3 Å². The van der Waals surface area contributed by atoms with Crippen LogP contribution in [-0.4, -0.2) is 51.0 Å². The van der Waals surface area contributed by atoms with Crippen molar-refractivity contribution in [3.63, 3.8) is 0 Å². The van der Waals surface area contributed by atoms with E-state index in [1.807, 2.05) is 20.8 Å². The van der Waals surface area contributed by atoms with Crippen molar-refractivity contribution >= 4 is 17.8 Å². The molecule has 0 unspecified atom stereocenters. The van der Waals surface area contributed by atoms with Crippen molar-refractivity contribution in [2.24, 2.45) is 17.6 Å². The van der Waals surface area contributed by atoms with E-state index in [1.165, 1.54) is 6.33 Å². The van der Waals surface area contributed by atoms with E-state index in [9.17, 15) is 19.5 Å². The van der Waals surface area contributed by atoms with Gasteiger partial charge in [-0.2, -0.15) is 0 Å².